The Balaban J connectivity index is 3.09. The molecular formula is C12H16FN5O. The van der Waals surface area contributed by atoms with Gasteiger partial charge in [0.05, 0.1) is 0 Å². The van der Waals surface area contributed by atoms with Gasteiger partial charge in [0.1, 0.15) is 11.4 Å². The van der Waals surface area contributed by atoms with E-state index in [0.717, 1.165) is 0 Å². The fourth-order valence-corrected chi connectivity index (χ4v) is 1.98. The molecular weight excluding hydrogens is 249 g/mol. The van der Waals surface area contributed by atoms with E-state index in [-0.39, 0.29) is 18.7 Å². The third kappa shape index (κ3) is 3.21. The molecule has 1 aromatic rings. The molecule has 0 aliphatic rings. The predicted octanol–water partition coefficient (Wildman–Crippen LogP) is 1.82. The number of nitrogens with two attached hydrogens (primary N) is 1. The highest BCUT2D eigenvalue weighted by Crippen LogP contribution is 2.27. The molecule has 6 nitrogen and oxygen atoms in total. The van der Waals surface area contributed by atoms with Crippen LogP contribution in [0.1, 0.15) is 18.9 Å². The minimum atomic E-state index is -1.30. The van der Waals surface area contributed by atoms with Gasteiger partial charge in [0.2, 0.25) is 5.91 Å². The fraction of sp³-hybridized carbons (Fsp3) is 0.417. The maximum Gasteiger partial charge on any atom is 0.242 e. The summed E-state index contributed by atoms with van der Waals surface area (Å²) in [6, 6.07) is 5.98. The second-order valence-electron chi connectivity index (χ2n) is 3.98. The number of rotatable bonds is 7. The lowest BCUT2D eigenvalue weighted by Crippen LogP contribution is -2.53. The van der Waals surface area contributed by atoms with Crippen molar-refractivity contribution in [1.82, 2.24) is 5.32 Å². The summed E-state index contributed by atoms with van der Waals surface area (Å²) < 4.78 is 13.9. The van der Waals surface area contributed by atoms with Crippen LogP contribution >= 0.6 is 0 Å². The molecule has 0 aliphatic heterocycles. The van der Waals surface area contributed by atoms with E-state index in [1.807, 2.05) is 0 Å². The number of carbonyl (C=O) groups is 1. The van der Waals surface area contributed by atoms with Gasteiger partial charge < -0.3 is 5.73 Å². The fourth-order valence-electron chi connectivity index (χ4n) is 1.98. The molecule has 0 radical (unpaired) electrons. The van der Waals surface area contributed by atoms with Crippen molar-refractivity contribution in [3.8, 4) is 0 Å². The number of nitrogens with one attached hydrogen (secondary N) is 1. The summed E-state index contributed by atoms with van der Waals surface area (Å²) in [5.74, 6) is -1.17. The van der Waals surface area contributed by atoms with Crippen molar-refractivity contribution < 1.29 is 9.18 Å². The lowest BCUT2D eigenvalue weighted by atomic mass is 9.86. The number of hydrogen-bond donors (Lipinski definition) is 2. The third-order valence-corrected chi connectivity index (χ3v) is 2.99. The molecule has 3 N–H and O–H groups in total. The molecule has 19 heavy (non-hydrogen) atoms. The van der Waals surface area contributed by atoms with Crippen molar-refractivity contribution in [2.24, 2.45) is 10.8 Å². The molecule has 102 valence electrons. The van der Waals surface area contributed by atoms with Crippen molar-refractivity contribution in [2.75, 3.05) is 13.1 Å². The molecule has 1 atom stereocenters. The van der Waals surface area contributed by atoms with Crippen molar-refractivity contribution >= 4 is 5.91 Å². The molecule has 0 saturated carbocycles. The van der Waals surface area contributed by atoms with Crippen molar-refractivity contribution in [3.05, 3.63) is 46.1 Å². The average Bonchev–Trinajstić information content (AvgIpc) is 2.40. The molecule has 0 heterocycles. The van der Waals surface area contributed by atoms with Gasteiger partial charge in [0.15, 0.2) is 0 Å². The molecule has 0 saturated heterocycles. The first kappa shape index (κ1) is 14.9. The van der Waals surface area contributed by atoms with E-state index >= 15 is 0 Å². The lowest BCUT2D eigenvalue weighted by molar-refractivity contribution is -0.125. The number of benzene rings is 1. The van der Waals surface area contributed by atoms with Crippen LogP contribution in [0.25, 0.3) is 10.4 Å². The summed E-state index contributed by atoms with van der Waals surface area (Å²) in [5, 5.41) is 6.25. The zero-order valence-corrected chi connectivity index (χ0v) is 10.6. The highest BCUT2D eigenvalue weighted by Gasteiger charge is 2.38. The lowest BCUT2D eigenvalue weighted by Gasteiger charge is -2.31. The van der Waals surface area contributed by atoms with Crippen LogP contribution in [0.2, 0.25) is 0 Å². The van der Waals surface area contributed by atoms with Crippen LogP contribution in [0.5, 0.6) is 0 Å². The Hall–Kier alpha value is -2.11. The summed E-state index contributed by atoms with van der Waals surface area (Å²) in [5.41, 5.74) is 12.5. The van der Waals surface area contributed by atoms with Crippen molar-refractivity contribution in [1.29, 1.82) is 0 Å². The molecule has 1 amide bonds. The molecule has 0 aliphatic carbocycles. The summed E-state index contributed by atoms with van der Waals surface area (Å²) >= 11 is 0. The van der Waals surface area contributed by atoms with E-state index in [2.05, 4.69) is 15.3 Å². The Bertz CT molecular complexity index is 501. The first-order valence-electron chi connectivity index (χ1n) is 5.89. The van der Waals surface area contributed by atoms with Gasteiger partial charge in [0, 0.05) is 23.6 Å². The van der Waals surface area contributed by atoms with E-state index in [4.69, 9.17) is 11.3 Å². The Morgan fingerprint density at radius 3 is 2.79 bits per heavy atom. The van der Waals surface area contributed by atoms with E-state index in [0.29, 0.717) is 6.42 Å². The molecule has 1 aromatic carbocycles. The smallest absolute Gasteiger partial charge is 0.242 e. The molecule has 7 heteroatoms. The van der Waals surface area contributed by atoms with Gasteiger partial charge in [-0.25, -0.2) is 4.39 Å². The second kappa shape index (κ2) is 6.72. The second-order valence-corrected chi connectivity index (χ2v) is 3.98. The molecule has 0 aromatic heterocycles. The summed E-state index contributed by atoms with van der Waals surface area (Å²) in [6.07, 6.45) is 0.291. The SMILES string of the molecule is CCC(NCCN=[N+]=[N-])(C(N)=O)c1ccccc1F. The summed E-state index contributed by atoms with van der Waals surface area (Å²) in [6.45, 7) is 2.12. The Kier molecular flexibility index (Phi) is 5.29. The number of carbonyl (C=O) groups excluding carboxylic acids is 1. The number of halogens is 1. The number of nitrogens with zero attached hydrogens (tertiary/aromatic N) is 3. The van der Waals surface area contributed by atoms with Crippen LogP contribution in [-0.2, 0) is 10.3 Å². The van der Waals surface area contributed by atoms with Gasteiger partial charge in [-0.05, 0) is 18.0 Å². The Labute approximate surface area is 110 Å². The molecule has 1 rings (SSSR count). The molecule has 0 bridgehead atoms. The zero-order chi connectivity index (χ0) is 14.3. The van der Waals surface area contributed by atoms with Gasteiger partial charge in [-0.3, -0.25) is 10.1 Å². The predicted molar refractivity (Wildman–Crippen MR) is 69.6 cm³/mol. The average molecular weight is 265 g/mol. The van der Waals surface area contributed by atoms with E-state index in [1.54, 1.807) is 19.1 Å². The molecule has 0 spiro atoms. The Morgan fingerprint density at radius 2 is 2.26 bits per heavy atom. The minimum Gasteiger partial charge on any atom is -0.368 e. The van der Waals surface area contributed by atoms with Crippen LogP contribution in [-0.4, -0.2) is 19.0 Å². The van der Waals surface area contributed by atoms with Gasteiger partial charge in [0.25, 0.3) is 0 Å². The summed E-state index contributed by atoms with van der Waals surface area (Å²) in [7, 11) is 0. The van der Waals surface area contributed by atoms with Gasteiger partial charge in [-0.2, -0.15) is 0 Å². The standard InChI is InChI=1S/C12H16FN5O/c1-2-12(11(14)19,16-7-8-17-18-15)9-5-3-4-6-10(9)13/h3-6,16H,2,7-8H2,1H3,(H2,14,19). The quantitative estimate of drug-likeness (QED) is 0.340. The van der Waals surface area contributed by atoms with Gasteiger partial charge >= 0.3 is 0 Å². The monoisotopic (exact) mass is 265 g/mol. The highest BCUT2D eigenvalue weighted by atomic mass is 19.1. The first-order valence-corrected chi connectivity index (χ1v) is 5.89. The number of azide groups is 1. The minimum absolute atomic E-state index is 0.153. The van der Waals surface area contributed by atoms with Crippen molar-refractivity contribution in [3.63, 3.8) is 0 Å². The van der Waals surface area contributed by atoms with Crippen molar-refractivity contribution in [2.45, 2.75) is 18.9 Å². The van der Waals surface area contributed by atoms with Gasteiger partial charge in [-0.1, -0.05) is 30.2 Å². The van der Waals surface area contributed by atoms with Crippen LogP contribution in [0.3, 0.4) is 0 Å². The highest BCUT2D eigenvalue weighted by molar-refractivity contribution is 5.86. The van der Waals surface area contributed by atoms with Crippen LogP contribution in [0, 0.1) is 5.82 Å². The maximum atomic E-state index is 13.9. The number of amides is 1. The van der Waals surface area contributed by atoms with Crippen LogP contribution < -0.4 is 11.1 Å². The Morgan fingerprint density at radius 1 is 1.58 bits per heavy atom. The summed E-state index contributed by atoms with van der Waals surface area (Å²) in [4.78, 5) is 14.4. The van der Waals surface area contributed by atoms with Gasteiger partial charge in [-0.15, -0.1) is 0 Å². The van der Waals surface area contributed by atoms with E-state index in [1.165, 1.54) is 12.1 Å². The largest absolute Gasteiger partial charge is 0.368 e. The number of hydrogen-bond acceptors (Lipinski definition) is 3. The molecule has 1 unspecified atom stereocenters. The maximum absolute atomic E-state index is 13.9. The van der Waals surface area contributed by atoms with E-state index < -0.39 is 17.3 Å². The first-order chi connectivity index (χ1) is 9.08. The van der Waals surface area contributed by atoms with Crippen LogP contribution in [0.4, 0.5) is 4.39 Å². The van der Waals surface area contributed by atoms with E-state index in [9.17, 15) is 9.18 Å². The molecule has 0 fully saturated rings. The zero-order valence-electron chi connectivity index (χ0n) is 10.6. The number of primary amides is 1. The van der Waals surface area contributed by atoms with Crippen LogP contribution in [0.15, 0.2) is 29.4 Å². The normalized spacial score (nSPS) is 13.4. The third-order valence-electron chi connectivity index (χ3n) is 2.99. The topological polar surface area (TPSA) is 104 Å².